The van der Waals surface area contributed by atoms with Gasteiger partial charge in [0.15, 0.2) is 0 Å². The summed E-state index contributed by atoms with van der Waals surface area (Å²) in [5.41, 5.74) is 4.64. The molecule has 0 radical (unpaired) electrons. The van der Waals surface area contributed by atoms with Gasteiger partial charge in [-0.1, -0.05) is 23.4 Å². The smallest absolute Gasteiger partial charge is 0.258 e. The van der Waals surface area contributed by atoms with Crippen LogP contribution in [0.1, 0.15) is 43.0 Å². The van der Waals surface area contributed by atoms with E-state index >= 15 is 0 Å². The number of aliphatic hydroxyl groups is 1. The van der Waals surface area contributed by atoms with Gasteiger partial charge < -0.3 is 14.4 Å². The molecule has 0 bridgehead atoms. The SMILES string of the molecule is CC(C)Oc1ccc(-c2nc(-c3cccc4c3CC[C@H]4N3CC(O)C3)no2)cc1C#N. The average molecular weight is 416 g/mol. The summed E-state index contributed by atoms with van der Waals surface area (Å²) >= 11 is 0. The van der Waals surface area contributed by atoms with Gasteiger partial charge in [0, 0.05) is 30.3 Å². The molecule has 2 aliphatic rings. The maximum atomic E-state index is 9.67. The molecule has 7 nitrogen and oxygen atoms in total. The molecule has 1 N–H and O–H groups in total. The zero-order valence-electron chi connectivity index (χ0n) is 17.6. The van der Waals surface area contributed by atoms with Crippen molar-refractivity contribution in [2.24, 2.45) is 0 Å². The van der Waals surface area contributed by atoms with Gasteiger partial charge in [0.05, 0.1) is 17.8 Å². The summed E-state index contributed by atoms with van der Waals surface area (Å²) in [6.45, 7) is 5.32. The van der Waals surface area contributed by atoms with E-state index in [1.54, 1.807) is 12.1 Å². The van der Waals surface area contributed by atoms with Crippen molar-refractivity contribution in [2.75, 3.05) is 13.1 Å². The highest BCUT2D eigenvalue weighted by Gasteiger charge is 2.36. The van der Waals surface area contributed by atoms with Crippen molar-refractivity contribution < 1.29 is 14.4 Å². The Morgan fingerprint density at radius 2 is 2.10 bits per heavy atom. The molecule has 0 unspecified atom stereocenters. The third-order valence-electron chi connectivity index (χ3n) is 5.95. The fourth-order valence-electron chi connectivity index (χ4n) is 4.52. The summed E-state index contributed by atoms with van der Waals surface area (Å²) in [5, 5.41) is 23.4. The molecule has 1 aliphatic carbocycles. The molecule has 1 fully saturated rings. The van der Waals surface area contributed by atoms with Crippen LogP contribution in [0.5, 0.6) is 5.75 Å². The van der Waals surface area contributed by atoms with Crippen molar-refractivity contribution in [3.8, 4) is 34.7 Å². The van der Waals surface area contributed by atoms with Crippen LogP contribution in [-0.2, 0) is 6.42 Å². The molecule has 0 spiro atoms. The molecular formula is C24H24N4O3. The fraction of sp³-hybridized carbons (Fsp3) is 0.375. The second kappa shape index (κ2) is 7.80. The van der Waals surface area contributed by atoms with E-state index in [1.807, 2.05) is 32.0 Å². The number of nitriles is 1. The number of nitrogens with zero attached hydrogens (tertiary/aromatic N) is 4. The van der Waals surface area contributed by atoms with Gasteiger partial charge in [-0.05, 0) is 56.0 Å². The van der Waals surface area contributed by atoms with Gasteiger partial charge in [-0.2, -0.15) is 10.2 Å². The van der Waals surface area contributed by atoms with Crippen LogP contribution < -0.4 is 4.74 Å². The quantitative estimate of drug-likeness (QED) is 0.677. The standard InChI is InChI=1S/C24H24N4O3/c1-14(2)30-22-9-6-15(10-16(22)11-25)24-26-23(27-31-24)20-5-3-4-19-18(20)7-8-21(19)28-12-17(29)13-28/h3-6,9-10,14,17,21,29H,7-8,12-13H2,1-2H3/t21-/m1/s1. The van der Waals surface area contributed by atoms with Crippen LogP contribution >= 0.6 is 0 Å². The molecule has 5 rings (SSSR count). The van der Waals surface area contributed by atoms with Crippen LogP contribution in [0, 0.1) is 11.3 Å². The predicted molar refractivity (Wildman–Crippen MR) is 114 cm³/mol. The van der Waals surface area contributed by atoms with E-state index in [4.69, 9.17) is 9.26 Å². The minimum atomic E-state index is -0.206. The highest BCUT2D eigenvalue weighted by molar-refractivity contribution is 5.67. The third-order valence-corrected chi connectivity index (χ3v) is 5.95. The highest BCUT2D eigenvalue weighted by atomic mass is 16.5. The van der Waals surface area contributed by atoms with Gasteiger partial charge in [-0.25, -0.2) is 0 Å². The molecule has 1 saturated heterocycles. The summed E-state index contributed by atoms with van der Waals surface area (Å²) in [4.78, 5) is 6.95. The Morgan fingerprint density at radius 1 is 1.26 bits per heavy atom. The monoisotopic (exact) mass is 416 g/mol. The molecule has 3 aromatic rings. The predicted octanol–water partition coefficient (Wildman–Crippen LogP) is 3.73. The summed E-state index contributed by atoms with van der Waals surface area (Å²) in [7, 11) is 0. The van der Waals surface area contributed by atoms with Gasteiger partial charge in [0.1, 0.15) is 11.8 Å². The molecule has 2 aromatic carbocycles. The Balaban J connectivity index is 1.44. The average Bonchev–Trinajstić information content (AvgIpc) is 3.39. The Morgan fingerprint density at radius 3 is 2.84 bits per heavy atom. The van der Waals surface area contributed by atoms with Gasteiger partial charge in [0.25, 0.3) is 5.89 Å². The van der Waals surface area contributed by atoms with E-state index in [9.17, 15) is 10.4 Å². The number of ether oxygens (including phenoxy) is 1. The van der Waals surface area contributed by atoms with Crippen molar-refractivity contribution >= 4 is 0 Å². The van der Waals surface area contributed by atoms with Gasteiger partial charge >= 0.3 is 0 Å². The fourth-order valence-corrected chi connectivity index (χ4v) is 4.52. The topological polar surface area (TPSA) is 95.4 Å². The molecule has 0 saturated carbocycles. The number of aliphatic hydroxyl groups excluding tert-OH is 1. The lowest BCUT2D eigenvalue weighted by Gasteiger charge is -2.40. The maximum Gasteiger partial charge on any atom is 0.258 e. The van der Waals surface area contributed by atoms with Gasteiger partial charge in [0.2, 0.25) is 5.82 Å². The molecular weight excluding hydrogens is 392 g/mol. The van der Waals surface area contributed by atoms with Crippen molar-refractivity contribution in [3.63, 3.8) is 0 Å². The molecule has 1 aromatic heterocycles. The third kappa shape index (κ3) is 3.58. The Hall–Kier alpha value is -3.21. The van der Waals surface area contributed by atoms with Gasteiger partial charge in [-0.15, -0.1) is 0 Å². The minimum absolute atomic E-state index is 0.0171. The van der Waals surface area contributed by atoms with Crippen molar-refractivity contribution in [1.82, 2.24) is 15.0 Å². The van der Waals surface area contributed by atoms with E-state index in [0.29, 0.717) is 34.6 Å². The number of aromatic nitrogens is 2. The summed E-state index contributed by atoms with van der Waals surface area (Å²) in [6, 6.07) is 14.1. The number of β-amino-alcohol motifs (C(OH)–C–C–N with tert-alkyl or cyclic N) is 1. The number of rotatable bonds is 5. The van der Waals surface area contributed by atoms with Crippen LogP contribution in [0.2, 0.25) is 0 Å². The second-order valence-electron chi connectivity index (χ2n) is 8.45. The summed E-state index contributed by atoms with van der Waals surface area (Å²) < 4.78 is 11.2. The first-order chi connectivity index (χ1) is 15.0. The van der Waals surface area contributed by atoms with Crippen LogP contribution in [0.4, 0.5) is 0 Å². The number of hydrogen-bond donors (Lipinski definition) is 1. The lowest BCUT2D eigenvalue weighted by atomic mass is 9.99. The van der Waals surface area contributed by atoms with E-state index in [0.717, 1.165) is 31.5 Å². The van der Waals surface area contributed by atoms with Crippen LogP contribution in [0.15, 0.2) is 40.9 Å². The normalized spacial score (nSPS) is 18.6. The molecule has 31 heavy (non-hydrogen) atoms. The maximum absolute atomic E-state index is 9.67. The Labute approximate surface area is 180 Å². The van der Waals surface area contributed by atoms with Crippen LogP contribution in [0.25, 0.3) is 22.8 Å². The van der Waals surface area contributed by atoms with Crippen LogP contribution in [0.3, 0.4) is 0 Å². The zero-order chi connectivity index (χ0) is 21.5. The lowest BCUT2D eigenvalue weighted by molar-refractivity contribution is -0.0251. The Kier molecular flexibility index (Phi) is 4.97. The number of hydrogen-bond acceptors (Lipinski definition) is 7. The molecule has 0 amide bonds. The molecule has 158 valence electrons. The van der Waals surface area contributed by atoms with E-state index in [-0.39, 0.29) is 12.2 Å². The van der Waals surface area contributed by atoms with Crippen molar-refractivity contribution in [3.05, 3.63) is 53.1 Å². The first-order valence-electron chi connectivity index (χ1n) is 10.6. The molecule has 2 heterocycles. The second-order valence-corrected chi connectivity index (χ2v) is 8.45. The number of fused-ring (bicyclic) bond motifs is 1. The first-order valence-corrected chi connectivity index (χ1v) is 10.6. The number of benzene rings is 2. The largest absolute Gasteiger partial charge is 0.490 e. The zero-order valence-corrected chi connectivity index (χ0v) is 17.6. The van der Waals surface area contributed by atoms with Crippen LogP contribution in [-0.4, -0.2) is 45.4 Å². The van der Waals surface area contributed by atoms with E-state index in [1.165, 1.54) is 11.1 Å². The lowest BCUT2D eigenvalue weighted by Crippen LogP contribution is -2.51. The van der Waals surface area contributed by atoms with E-state index in [2.05, 4.69) is 27.2 Å². The summed E-state index contributed by atoms with van der Waals surface area (Å²) in [5.74, 6) is 1.47. The number of likely N-dealkylation sites (tertiary alicyclic amines) is 1. The van der Waals surface area contributed by atoms with Gasteiger partial charge in [-0.3, -0.25) is 4.90 Å². The summed E-state index contributed by atoms with van der Waals surface area (Å²) in [6.07, 6.45) is 1.76. The van der Waals surface area contributed by atoms with E-state index < -0.39 is 0 Å². The molecule has 7 heteroatoms. The van der Waals surface area contributed by atoms with Crippen molar-refractivity contribution in [1.29, 1.82) is 5.26 Å². The molecule has 1 atom stereocenters. The first kappa shape index (κ1) is 19.7. The van der Waals surface area contributed by atoms with Crippen molar-refractivity contribution in [2.45, 2.75) is 44.9 Å². The minimum Gasteiger partial charge on any atom is -0.490 e. The Bertz CT molecular complexity index is 1160. The highest BCUT2D eigenvalue weighted by Crippen LogP contribution is 2.42. The molecule has 1 aliphatic heterocycles.